The van der Waals surface area contributed by atoms with E-state index in [4.69, 9.17) is 4.74 Å². The molecule has 0 radical (unpaired) electrons. The summed E-state index contributed by atoms with van der Waals surface area (Å²) in [6.45, 7) is 3.33. The fraction of sp³-hybridized carbons (Fsp3) is 0.316. The molecule has 5 heteroatoms. The largest absolute Gasteiger partial charge is 0.495 e. The summed E-state index contributed by atoms with van der Waals surface area (Å²) in [5, 5.41) is 5.70. The molecule has 0 bridgehead atoms. The molecule has 0 unspecified atom stereocenters. The van der Waals surface area contributed by atoms with Crippen molar-refractivity contribution >= 4 is 11.7 Å². The first kappa shape index (κ1) is 17.8. The molecule has 0 spiro atoms. The quantitative estimate of drug-likeness (QED) is 0.855. The van der Waals surface area contributed by atoms with E-state index in [0.29, 0.717) is 18.0 Å². The summed E-state index contributed by atoms with van der Waals surface area (Å²) in [6.07, 6.45) is 0. The molecular formula is C19H25N3O2. The van der Waals surface area contributed by atoms with Gasteiger partial charge in [0.15, 0.2) is 0 Å². The number of amides is 2. The number of aryl methyl sites for hydroxylation is 1. The number of rotatable bonds is 6. The number of urea groups is 1. The lowest BCUT2D eigenvalue weighted by Crippen LogP contribution is -2.28. The second-order valence-corrected chi connectivity index (χ2v) is 6.07. The zero-order chi connectivity index (χ0) is 17.5. The van der Waals surface area contributed by atoms with Crippen molar-refractivity contribution in [3.05, 3.63) is 59.2 Å². The number of carbonyl (C=O) groups is 1. The summed E-state index contributed by atoms with van der Waals surface area (Å²) >= 11 is 0. The third-order valence-corrected chi connectivity index (χ3v) is 3.55. The molecular weight excluding hydrogens is 302 g/mol. The Morgan fingerprint density at radius 3 is 2.58 bits per heavy atom. The summed E-state index contributed by atoms with van der Waals surface area (Å²) in [5.41, 5.74) is 4.03. The van der Waals surface area contributed by atoms with Gasteiger partial charge in [0.2, 0.25) is 0 Å². The molecule has 2 amide bonds. The third kappa shape index (κ3) is 5.28. The number of nitrogens with one attached hydrogen (secondary N) is 2. The van der Waals surface area contributed by atoms with Crippen LogP contribution in [0.2, 0.25) is 0 Å². The maximum atomic E-state index is 12.1. The van der Waals surface area contributed by atoms with Crippen LogP contribution in [-0.4, -0.2) is 32.1 Å². The van der Waals surface area contributed by atoms with Gasteiger partial charge < -0.3 is 20.3 Å². The number of carbonyl (C=O) groups excluding carboxylic acids is 1. The van der Waals surface area contributed by atoms with Crippen LogP contribution >= 0.6 is 0 Å². The summed E-state index contributed by atoms with van der Waals surface area (Å²) in [5.74, 6) is 0.651. The molecule has 0 aromatic heterocycles. The first-order valence-corrected chi connectivity index (χ1v) is 7.90. The van der Waals surface area contributed by atoms with Crippen molar-refractivity contribution in [2.75, 3.05) is 26.5 Å². The second-order valence-electron chi connectivity index (χ2n) is 6.07. The molecule has 5 nitrogen and oxygen atoms in total. The van der Waals surface area contributed by atoms with Gasteiger partial charge in [0.25, 0.3) is 0 Å². The average molecular weight is 327 g/mol. The molecule has 0 heterocycles. The lowest BCUT2D eigenvalue weighted by molar-refractivity contribution is 0.251. The van der Waals surface area contributed by atoms with Gasteiger partial charge in [0.1, 0.15) is 5.75 Å². The fourth-order valence-corrected chi connectivity index (χ4v) is 2.45. The highest BCUT2D eigenvalue weighted by Gasteiger charge is 2.07. The Morgan fingerprint density at radius 2 is 1.88 bits per heavy atom. The topological polar surface area (TPSA) is 53.6 Å². The van der Waals surface area contributed by atoms with E-state index < -0.39 is 0 Å². The van der Waals surface area contributed by atoms with Gasteiger partial charge in [-0.05, 0) is 49.8 Å². The average Bonchev–Trinajstić information content (AvgIpc) is 2.54. The van der Waals surface area contributed by atoms with Gasteiger partial charge in [-0.2, -0.15) is 0 Å². The monoisotopic (exact) mass is 327 g/mol. The van der Waals surface area contributed by atoms with Crippen LogP contribution in [0.25, 0.3) is 0 Å². The zero-order valence-electron chi connectivity index (χ0n) is 14.7. The molecule has 0 fully saturated rings. The third-order valence-electron chi connectivity index (χ3n) is 3.55. The first-order chi connectivity index (χ1) is 11.5. The van der Waals surface area contributed by atoms with Gasteiger partial charge in [-0.1, -0.05) is 30.3 Å². The van der Waals surface area contributed by atoms with E-state index >= 15 is 0 Å². The Morgan fingerprint density at radius 1 is 1.12 bits per heavy atom. The molecule has 0 aliphatic carbocycles. The van der Waals surface area contributed by atoms with Gasteiger partial charge in [-0.25, -0.2) is 4.79 Å². The van der Waals surface area contributed by atoms with Crippen LogP contribution in [-0.2, 0) is 13.1 Å². The molecule has 2 aromatic carbocycles. The van der Waals surface area contributed by atoms with E-state index in [1.807, 2.05) is 51.4 Å². The number of ether oxygens (including phenoxy) is 1. The molecule has 0 aliphatic heterocycles. The maximum absolute atomic E-state index is 12.1. The first-order valence-electron chi connectivity index (χ1n) is 7.90. The van der Waals surface area contributed by atoms with Gasteiger partial charge in [-0.3, -0.25) is 0 Å². The van der Waals surface area contributed by atoms with E-state index in [1.54, 1.807) is 7.11 Å². The molecule has 0 saturated carbocycles. The van der Waals surface area contributed by atoms with E-state index in [2.05, 4.69) is 27.7 Å². The summed E-state index contributed by atoms with van der Waals surface area (Å²) < 4.78 is 5.30. The van der Waals surface area contributed by atoms with E-state index in [1.165, 1.54) is 5.56 Å². The standard InChI is InChI=1S/C19H25N3O2/c1-14-8-9-17(18(10-14)24-4)21-19(23)20-12-15-6-5-7-16(11-15)13-22(2)3/h5-11H,12-13H2,1-4H3,(H2,20,21,23). The predicted octanol–water partition coefficient (Wildman–Crippen LogP) is 3.39. The highest BCUT2D eigenvalue weighted by Crippen LogP contribution is 2.25. The Hall–Kier alpha value is -2.53. The molecule has 0 atom stereocenters. The summed E-state index contributed by atoms with van der Waals surface area (Å²) in [4.78, 5) is 14.2. The highest BCUT2D eigenvalue weighted by atomic mass is 16.5. The molecule has 2 rings (SSSR count). The van der Waals surface area contributed by atoms with Gasteiger partial charge in [0.05, 0.1) is 12.8 Å². The number of anilines is 1. The Kier molecular flexibility index (Phi) is 6.21. The van der Waals surface area contributed by atoms with Crippen molar-refractivity contribution in [2.24, 2.45) is 0 Å². The molecule has 128 valence electrons. The second kappa shape index (κ2) is 8.36. The van der Waals surface area contributed by atoms with E-state index in [-0.39, 0.29) is 6.03 Å². The van der Waals surface area contributed by atoms with Gasteiger partial charge >= 0.3 is 6.03 Å². The number of hydrogen-bond donors (Lipinski definition) is 2. The highest BCUT2D eigenvalue weighted by molar-refractivity contribution is 5.90. The van der Waals surface area contributed by atoms with Crippen molar-refractivity contribution in [3.63, 3.8) is 0 Å². The minimum absolute atomic E-state index is 0.254. The van der Waals surface area contributed by atoms with Gasteiger partial charge in [0, 0.05) is 13.1 Å². The van der Waals surface area contributed by atoms with Crippen LogP contribution in [0.1, 0.15) is 16.7 Å². The van der Waals surface area contributed by atoms with Crippen LogP contribution in [0, 0.1) is 6.92 Å². The Labute approximate surface area is 143 Å². The zero-order valence-corrected chi connectivity index (χ0v) is 14.7. The molecule has 2 N–H and O–H groups in total. The Bertz CT molecular complexity index is 699. The minimum atomic E-state index is -0.254. The SMILES string of the molecule is COc1cc(C)ccc1NC(=O)NCc1cccc(CN(C)C)c1. The van der Waals surface area contributed by atoms with Crippen molar-refractivity contribution < 1.29 is 9.53 Å². The van der Waals surface area contributed by atoms with Gasteiger partial charge in [-0.15, -0.1) is 0 Å². The van der Waals surface area contributed by atoms with Crippen molar-refractivity contribution in [3.8, 4) is 5.75 Å². The maximum Gasteiger partial charge on any atom is 0.319 e. The molecule has 0 saturated heterocycles. The Balaban J connectivity index is 1.94. The van der Waals surface area contributed by atoms with Crippen molar-refractivity contribution in [1.82, 2.24) is 10.2 Å². The van der Waals surface area contributed by atoms with Crippen LogP contribution in [0.4, 0.5) is 10.5 Å². The smallest absolute Gasteiger partial charge is 0.319 e. The predicted molar refractivity (Wildman–Crippen MR) is 97.4 cm³/mol. The number of hydrogen-bond acceptors (Lipinski definition) is 3. The van der Waals surface area contributed by atoms with Crippen LogP contribution in [0.15, 0.2) is 42.5 Å². The van der Waals surface area contributed by atoms with Crippen molar-refractivity contribution in [1.29, 1.82) is 0 Å². The lowest BCUT2D eigenvalue weighted by Gasteiger charge is -2.13. The molecule has 2 aromatic rings. The van der Waals surface area contributed by atoms with E-state index in [9.17, 15) is 4.79 Å². The summed E-state index contributed by atoms with van der Waals surface area (Å²) in [6, 6.07) is 13.6. The molecule has 0 aliphatic rings. The van der Waals surface area contributed by atoms with Crippen LogP contribution < -0.4 is 15.4 Å². The fourth-order valence-electron chi connectivity index (χ4n) is 2.45. The minimum Gasteiger partial charge on any atom is -0.495 e. The van der Waals surface area contributed by atoms with Crippen LogP contribution in [0.5, 0.6) is 5.75 Å². The van der Waals surface area contributed by atoms with E-state index in [0.717, 1.165) is 17.7 Å². The van der Waals surface area contributed by atoms with Crippen LogP contribution in [0.3, 0.4) is 0 Å². The number of benzene rings is 2. The number of nitrogens with zero attached hydrogens (tertiary/aromatic N) is 1. The summed E-state index contributed by atoms with van der Waals surface area (Å²) in [7, 11) is 5.66. The van der Waals surface area contributed by atoms with Crippen molar-refractivity contribution in [2.45, 2.75) is 20.0 Å². The number of methoxy groups -OCH3 is 1. The normalized spacial score (nSPS) is 10.5. The molecule has 24 heavy (non-hydrogen) atoms. The lowest BCUT2D eigenvalue weighted by atomic mass is 10.1.